The van der Waals surface area contributed by atoms with Crippen LogP contribution >= 0.6 is 0 Å². The van der Waals surface area contributed by atoms with Gasteiger partial charge in [-0.25, -0.2) is 8.42 Å². The predicted molar refractivity (Wildman–Crippen MR) is 133 cm³/mol. The van der Waals surface area contributed by atoms with Gasteiger partial charge in [0.15, 0.2) is 0 Å². The van der Waals surface area contributed by atoms with Crippen LogP contribution in [-0.2, 0) is 26.0 Å². The third-order valence-electron chi connectivity index (χ3n) is 5.23. The molecule has 0 aromatic heterocycles. The Morgan fingerprint density at radius 2 is 1.57 bits per heavy atom. The molecule has 0 fully saturated rings. The second kappa shape index (κ2) is 12.0. The van der Waals surface area contributed by atoms with Crippen molar-refractivity contribution in [3.05, 3.63) is 90.0 Å². The zero-order chi connectivity index (χ0) is 25.3. The molecular weight excluding hydrogens is 468 g/mol. The summed E-state index contributed by atoms with van der Waals surface area (Å²) in [5.74, 6) is -0.973. The van der Waals surface area contributed by atoms with Gasteiger partial charge in [-0.15, -0.1) is 0 Å². The van der Waals surface area contributed by atoms with Crippen LogP contribution in [0.4, 0.5) is 5.69 Å². The predicted octanol–water partition coefficient (Wildman–Crippen LogP) is 3.65. The van der Waals surface area contributed by atoms with Crippen molar-refractivity contribution in [1.29, 1.82) is 0 Å². The number of nitrogens with one attached hydrogen (secondary N) is 2. The number of esters is 1. The first kappa shape index (κ1) is 25.8. The van der Waals surface area contributed by atoms with E-state index in [0.29, 0.717) is 17.9 Å². The maximum absolute atomic E-state index is 12.8. The zero-order valence-corrected chi connectivity index (χ0v) is 20.4. The summed E-state index contributed by atoms with van der Waals surface area (Å²) in [6.45, 7) is 2.06. The average molecular weight is 497 g/mol. The molecule has 9 heteroatoms. The molecule has 3 rings (SSSR count). The highest BCUT2D eigenvalue weighted by molar-refractivity contribution is 7.92. The number of hydrogen-bond acceptors (Lipinski definition) is 6. The molecule has 0 saturated carbocycles. The number of anilines is 1. The molecular formula is C26H28N2O6S. The second-order valence-corrected chi connectivity index (χ2v) is 9.36. The number of para-hydroxylation sites is 2. The van der Waals surface area contributed by atoms with Crippen molar-refractivity contribution in [2.24, 2.45) is 5.92 Å². The molecule has 35 heavy (non-hydrogen) atoms. The van der Waals surface area contributed by atoms with Crippen LogP contribution in [-0.4, -0.2) is 40.6 Å². The fraction of sp³-hybridized carbons (Fsp3) is 0.231. The lowest BCUT2D eigenvalue weighted by Gasteiger charge is -2.16. The third-order valence-corrected chi connectivity index (χ3v) is 6.61. The maximum Gasteiger partial charge on any atom is 0.311 e. The Bertz CT molecular complexity index is 1240. The first-order chi connectivity index (χ1) is 16.8. The number of rotatable bonds is 11. The van der Waals surface area contributed by atoms with E-state index in [2.05, 4.69) is 10.0 Å². The zero-order valence-electron chi connectivity index (χ0n) is 19.6. The number of ether oxygens (including phenoxy) is 2. The minimum absolute atomic E-state index is 0.00608. The SMILES string of the molecule is CCOC(=O)C(CNC(=O)c1ccc(S(=O)(=O)Nc2ccccc2OC)cc1)Cc1ccccc1. The van der Waals surface area contributed by atoms with Gasteiger partial charge in [-0.05, 0) is 55.3 Å². The molecule has 8 nitrogen and oxygen atoms in total. The van der Waals surface area contributed by atoms with Gasteiger partial charge in [0.1, 0.15) is 5.75 Å². The summed E-state index contributed by atoms with van der Waals surface area (Å²) < 4.78 is 38.3. The number of sulfonamides is 1. The third kappa shape index (κ3) is 7.07. The molecule has 0 radical (unpaired) electrons. The highest BCUT2D eigenvalue weighted by atomic mass is 32.2. The topological polar surface area (TPSA) is 111 Å². The Morgan fingerprint density at radius 3 is 2.23 bits per heavy atom. The van der Waals surface area contributed by atoms with Crippen molar-refractivity contribution < 1.29 is 27.5 Å². The van der Waals surface area contributed by atoms with Gasteiger partial charge in [0.25, 0.3) is 15.9 Å². The molecule has 0 spiro atoms. The summed E-state index contributed by atoms with van der Waals surface area (Å²) in [6.07, 6.45) is 0.422. The van der Waals surface area contributed by atoms with E-state index < -0.39 is 21.8 Å². The Hall–Kier alpha value is -3.85. The summed E-state index contributed by atoms with van der Waals surface area (Å²) in [4.78, 5) is 25.1. The van der Waals surface area contributed by atoms with Gasteiger partial charge < -0.3 is 14.8 Å². The smallest absolute Gasteiger partial charge is 0.311 e. The standard InChI is InChI=1S/C26H28N2O6S/c1-3-34-26(30)21(17-19-9-5-4-6-10-19)18-27-25(29)20-13-15-22(16-14-20)35(31,32)28-23-11-7-8-12-24(23)33-2/h4-16,21,28H,3,17-18H2,1-2H3,(H,27,29). The molecule has 0 saturated heterocycles. The lowest BCUT2D eigenvalue weighted by atomic mass is 9.99. The average Bonchev–Trinajstić information content (AvgIpc) is 2.87. The van der Waals surface area contributed by atoms with E-state index in [1.165, 1.54) is 31.4 Å². The summed E-state index contributed by atoms with van der Waals surface area (Å²) in [7, 11) is -2.44. The van der Waals surface area contributed by atoms with Gasteiger partial charge in [-0.1, -0.05) is 42.5 Å². The Kier molecular flexibility index (Phi) is 8.86. The lowest BCUT2D eigenvalue weighted by Crippen LogP contribution is -2.35. The number of carbonyl (C=O) groups is 2. The van der Waals surface area contributed by atoms with Crippen molar-refractivity contribution in [3.8, 4) is 5.75 Å². The van der Waals surface area contributed by atoms with Gasteiger partial charge in [-0.2, -0.15) is 0 Å². The van der Waals surface area contributed by atoms with E-state index >= 15 is 0 Å². The van der Waals surface area contributed by atoms with Crippen LogP contribution in [0.1, 0.15) is 22.8 Å². The van der Waals surface area contributed by atoms with Crippen LogP contribution in [0.3, 0.4) is 0 Å². The fourth-order valence-corrected chi connectivity index (χ4v) is 4.50. The Morgan fingerprint density at radius 1 is 0.914 bits per heavy atom. The summed E-state index contributed by atoms with van der Waals surface area (Å²) in [5, 5.41) is 2.75. The second-order valence-electron chi connectivity index (χ2n) is 7.68. The van der Waals surface area contributed by atoms with E-state index in [-0.39, 0.29) is 29.6 Å². The van der Waals surface area contributed by atoms with Crippen LogP contribution < -0.4 is 14.8 Å². The molecule has 0 heterocycles. The van der Waals surface area contributed by atoms with Crippen molar-refractivity contribution in [3.63, 3.8) is 0 Å². The molecule has 0 aliphatic heterocycles. The molecule has 3 aromatic carbocycles. The molecule has 0 aliphatic rings. The van der Waals surface area contributed by atoms with Crippen molar-refractivity contribution in [2.45, 2.75) is 18.2 Å². The summed E-state index contributed by atoms with van der Waals surface area (Å²) in [5.41, 5.74) is 1.53. The maximum atomic E-state index is 12.8. The molecule has 1 amide bonds. The summed E-state index contributed by atoms with van der Waals surface area (Å²) >= 11 is 0. The number of methoxy groups -OCH3 is 1. The van der Waals surface area contributed by atoms with Crippen LogP contribution in [0.15, 0.2) is 83.8 Å². The lowest BCUT2D eigenvalue weighted by molar-refractivity contribution is -0.147. The van der Waals surface area contributed by atoms with Gasteiger partial charge >= 0.3 is 5.97 Å². The normalized spacial score (nSPS) is 11.8. The molecule has 1 unspecified atom stereocenters. The molecule has 1 atom stereocenters. The van der Waals surface area contributed by atoms with Crippen LogP contribution in [0.25, 0.3) is 0 Å². The number of amides is 1. The van der Waals surface area contributed by atoms with Gasteiger partial charge in [0, 0.05) is 12.1 Å². The van der Waals surface area contributed by atoms with Crippen LogP contribution in [0, 0.1) is 5.92 Å². The van der Waals surface area contributed by atoms with E-state index in [0.717, 1.165) is 5.56 Å². The van der Waals surface area contributed by atoms with Gasteiger partial charge in [-0.3, -0.25) is 14.3 Å². The van der Waals surface area contributed by atoms with Crippen LogP contribution in [0.5, 0.6) is 5.75 Å². The van der Waals surface area contributed by atoms with E-state index in [9.17, 15) is 18.0 Å². The summed E-state index contributed by atoms with van der Waals surface area (Å²) in [6, 6.07) is 21.7. The largest absolute Gasteiger partial charge is 0.495 e. The van der Waals surface area contributed by atoms with Crippen LogP contribution in [0.2, 0.25) is 0 Å². The molecule has 0 bridgehead atoms. The molecule has 184 valence electrons. The first-order valence-corrected chi connectivity index (χ1v) is 12.6. The van der Waals surface area contributed by atoms with Gasteiger partial charge in [0.2, 0.25) is 0 Å². The minimum atomic E-state index is -3.89. The Labute approximate surface area is 205 Å². The van der Waals surface area contributed by atoms with Crippen molar-refractivity contribution >= 4 is 27.6 Å². The highest BCUT2D eigenvalue weighted by Gasteiger charge is 2.22. The number of carbonyl (C=O) groups excluding carboxylic acids is 2. The quantitative estimate of drug-likeness (QED) is 0.392. The van der Waals surface area contributed by atoms with Gasteiger partial charge in [0.05, 0.1) is 30.2 Å². The molecule has 0 aliphatic carbocycles. The fourth-order valence-electron chi connectivity index (χ4n) is 3.43. The van der Waals surface area contributed by atoms with E-state index in [1.807, 2.05) is 30.3 Å². The number of benzene rings is 3. The van der Waals surface area contributed by atoms with E-state index in [1.54, 1.807) is 31.2 Å². The Balaban J connectivity index is 1.66. The van der Waals surface area contributed by atoms with Crippen molar-refractivity contribution in [1.82, 2.24) is 5.32 Å². The first-order valence-electron chi connectivity index (χ1n) is 11.1. The number of hydrogen-bond donors (Lipinski definition) is 2. The van der Waals surface area contributed by atoms with Crippen molar-refractivity contribution in [2.75, 3.05) is 25.0 Å². The molecule has 3 aromatic rings. The monoisotopic (exact) mass is 496 g/mol. The molecule has 2 N–H and O–H groups in total. The van der Waals surface area contributed by atoms with E-state index in [4.69, 9.17) is 9.47 Å². The minimum Gasteiger partial charge on any atom is -0.495 e. The highest BCUT2D eigenvalue weighted by Crippen LogP contribution is 2.26.